The third kappa shape index (κ3) is 6.99. The zero-order valence-corrected chi connectivity index (χ0v) is 21.6. The van der Waals surface area contributed by atoms with Gasteiger partial charge in [-0.3, -0.25) is 14.4 Å². The van der Waals surface area contributed by atoms with E-state index in [-0.39, 0.29) is 23.1 Å². The van der Waals surface area contributed by atoms with Gasteiger partial charge in [0.1, 0.15) is 5.37 Å². The normalized spacial score (nSPS) is 15.0. The van der Waals surface area contributed by atoms with Crippen molar-refractivity contribution in [3.05, 3.63) is 101 Å². The highest BCUT2D eigenvalue weighted by Gasteiger charge is 2.32. The number of carbonyl (C=O) groups excluding carboxylic acids is 3. The number of ether oxygens (including phenoxy) is 1. The number of amides is 3. The molecule has 0 bridgehead atoms. The summed E-state index contributed by atoms with van der Waals surface area (Å²) in [5.41, 5.74) is 3.51. The standard InChI is InChI=1S/C29H31N3O4S/c1-36-19-7-17-30-28(35)24-10-5-6-11-25(24)31-27(34)22-12-14-23(15-13-22)29-32(26(33)20-37-29)18-16-21-8-3-2-4-9-21/h2-6,8-15,29H,7,16-20H2,1H3,(H,30,35)(H,31,34)/t29-/m1/s1. The Bertz CT molecular complexity index is 1220. The first-order valence-corrected chi connectivity index (χ1v) is 13.3. The number of hydrogen-bond donors (Lipinski definition) is 2. The molecule has 37 heavy (non-hydrogen) atoms. The molecule has 4 rings (SSSR count). The molecule has 2 N–H and O–H groups in total. The number of rotatable bonds is 11. The molecule has 7 nitrogen and oxygen atoms in total. The van der Waals surface area contributed by atoms with E-state index in [2.05, 4.69) is 22.8 Å². The number of para-hydroxylation sites is 1. The van der Waals surface area contributed by atoms with Gasteiger partial charge in [-0.05, 0) is 48.2 Å². The summed E-state index contributed by atoms with van der Waals surface area (Å²) < 4.78 is 5.01. The maximum Gasteiger partial charge on any atom is 0.255 e. The Kier molecular flexibility index (Phi) is 9.35. The molecule has 0 radical (unpaired) electrons. The van der Waals surface area contributed by atoms with E-state index in [4.69, 9.17) is 4.74 Å². The molecule has 0 unspecified atom stereocenters. The molecular weight excluding hydrogens is 486 g/mol. The van der Waals surface area contributed by atoms with E-state index in [9.17, 15) is 14.4 Å². The first-order chi connectivity index (χ1) is 18.1. The van der Waals surface area contributed by atoms with Gasteiger partial charge in [0.15, 0.2) is 0 Å². The first-order valence-electron chi connectivity index (χ1n) is 12.3. The molecule has 1 fully saturated rings. The van der Waals surface area contributed by atoms with Crippen LogP contribution in [0.2, 0.25) is 0 Å². The summed E-state index contributed by atoms with van der Waals surface area (Å²) in [6.45, 7) is 1.69. The number of nitrogens with zero attached hydrogens (tertiary/aromatic N) is 1. The average Bonchev–Trinajstić information content (AvgIpc) is 3.30. The van der Waals surface area contributed by atoms with E-state index in [0.717, 1.165) is 12.0 Å². The second-order valence-electron chi connectivity index (χ2n) is 8.71. The van der Waals surface area contributed by atoms with Crippen LogP contribution in [0.15, 0.2) is 78.9 Å². The molecule has 1 aliphatic rings. The fraction of sp³-hybridized carbons (Fsp3) is 0.276. The van der Waals surface area contributed by atoms with Crippen molar-refractivity contribution in [2.45, 2.75) is 18.2 Å². The first kappa shape index (κ1) is 26.4. The lowest BCUT2D eigenvalue weighted by Gasteiger charge is -2.24. The van der Waals surface area contributed by atoms with Crippen molar-refractivity contribution in [1.29, 1.82) is 0 Å². The lowest BCUT2D eigenvalue weighted by atomic mass is 10.1. The fourth-order valence-electron chi connectivity index (χ4n) is 4.16. The summed E-state index contributed by atoms with van der Waals surface area (Å²) in [5, 5.41) is 5.63. The van der Waals surface area contributed by atoms with E-state index in [1.807, 2.05) is 35.2 Å². The van der Waals surface area contributed by atoms with Crippen LogP contribution in [0.1, 0.15) is 43.6 Å². The maximum atomic E-state index is 13.0. The Morgan fingerprint density at radius 1 is 0.973 bits per heavy atom. The summed E-state index contributed by atoms with van der Waals surface area (Å²) in [5.74, 6) is 0.0273. The minimum atomic E-state index is -0.303. The summed E-state index contributed by atoms with van der Waals surface area (Å²) in [4.78, 5) is 40.0. The Labute approximate surface area is 221 Å². The van der Waals surface area contributed by atoms with Gasteiger partial charge < -0.3 is 20.3 Å². The smallest absolute Gasteiger partial charge is 0.255 e. The van der Waals surface area contributed by atoms with Crippen molar-refractivity contribution in [2.75, 3.05) is 37.9 Å². The Balaban J connectivity index is 1.39. The van der Waals surface area contributed by atoms with Gasteiger partial charge in [0, 0.05) is 32.4 Å². The lowest BCUT2D eigenvalue weighted by molar-refractivity contribution is -0.128. The van der Waals surface area contributed by atoms with Crippen molar-refractivity contribution in [2.24, 2.45) is 0 Å². The zero-order chi connectivity index (χ0) is 26.0. The predicted molar refractivity (Wildman–Crippen MR) is 147 cm³/mol. The molecule has 3 aromatic carbocycles. The van der Waals surface area contributed by atoms with Crippen molar-refractivity contribution in [3.8, 4) is 0 Å². The van der Waals surface area contributed by atoms with Crippen LogP contribution in [0.25, 0.3) is 0 Å². The van der Waals surface area contributed by atoms with Gasteiger partial charge in [-0.1, -0.05) is 54.6 Å². The van der Waals surface area contributed by atoms with Crippen LogP contribution in [-0.2, 0) is 16.0 Å². The van der Waals surface area contributed by atoms with Crippen LogP contribution in [0.3, 0.4) is 0 Å². The van der Waals surface area contributed by atoms with Gasteiger partial charge in [0.25, 0.3) is 11.8 Å². The van der Waals surface area contributed by atoms with E-state index < -0.39 is 0 Å². The van der Waals surface area contributed by atoms with Gasteiger partial charge in [0.2, 0.25) is 5.91 Å². The van der Waals surface area contributed by atoms with E-state index in [1.165, 1.54) is 5.56 Å². The van der Waals surface area contributed by atoms with E-state index in [1.54, 1.807) is 55.3 Å². The average molecular weight is 518 g/mol. The molecule has 0 spiro atoms. The quantitative estimate of drug-likeness (QED) is 0.365. The molecule has 1 heterocycles. The topological polar surface area (TPSA) is 87.7 Å². The summed E-state index contributed by atoms with van der Waals surface area (Å²) in [6.07, 6.45) is 1.50. The predicted octanol–water partition coefficient (Wildman–Crippen LogP) is 4.52. The third-order valence-corrected chi connectivity index (χ3v) is 7.40. The van der Waals surface area contributed by atoms with Crippen molar-refractivity contribution < 1.29 is 19.1 Å². The number of anilines is 1. The Morgan fingerprint density at radius 3 is 2.46 bits per heavy atom. The Hall–Kier alpha value is -3.62. The van der Waals surface area contributed by atoms with E-state index >= 15 is 0 Å². The lowest BCUT2D eigenvalue weighted by Crippen LogP contribution is -2.30. The highest BCUT2D eigenvalue weighted by atomic mass is 32.2. The molecule has 1 atom stereocenters. The Morgan fingerprint density at radius 2 is 1.70 bits per heavy atom. The zero-order valence-electron chi connectivity index (χ0n) is 20.8. The van der Waals surface area contributed by atoms with Crippen LogP contribution < -0.4 is 10.6 Å². The molecule has 192 valence electrons. The highest BCUT2D eigenvalue weighted by Crippen LogP contribution is 2.38. The van der Waals surface area contributed by atoms with Gasteiger partial charge in [-0.15, -0.1) is 11.8 Å². The van der Waals surface area contributed by atoms with Crippen LogP contribution in [0.4, 0.5) is 5.69 Å². The number of carbonyl (C=O) groups is 3. The van der Waals surface area contributed by atoms with Gasteiger partial charge >= 0.3 is 0 Å². The number of methoxy groups -OCH3 is 1. The number of nitrogens with one attached hydrogen (secondary N) is 2. The largest absolute Gasteiger partial charge is 0.385 e. The maximum absolute atomic E-state index is 13.0. The molecule has 0 aromatic heterocycles. The molecule has 3 amide bonds. The number of hydrogen-bond acceptors (Lipinski definition) is 5. The molecule has 0 saturated carbocycles. The van der Waals surface area contributed by atoms with Crippen molar-refractivity contribution in [1.82, 2.24) is 10.2 Å². The molecule has 3 aromatic rings. The van der Waals surface area contributed by atoms with Crippen molar-refractivity contribution in [3.63, 3.8) is 0 Å². The van der Waals surface area contributed by atoms with Crippen LogP contribution in [-0.4, -0.2) is 55.2 Å². The number of benzene rings is 3. The van der Waals surface area contributed by atoms with Crippen LogP contribution in [0, 0.1) is 0 Å². The van der Waals surface area contributed by atoms with Crippen molar-refractivity contribution >= 4 is 35.2 Å². The third-order valence-electron chi connectivity index (χ3n) is 6.14. The van der Waals surface area contributed by atoms with Crippen LogP contribution >= 0.6 is 11.8 Å². The van der Waals surface area contributed by atoms with E-state index in [0.29, 0.717) is 48.7 Å². The molecule has 1 saturated heterocycles. The minimum Gasteiger partial charge on any atom is -0.385 e. The molecular formula is C29H31N3O4S. The van der Waals surface area contributed by atoms with Gasteiger partial charge in [-0.25, -0.2) is 0 Å². The number of thioether (sulfide) groups is 1. The monoisotopic (exact) mass is 517 g/mol. The molecule has 1 aliphatic heterocycles. The second kappa shape index (κ2) is 13.1. The van der Waals surface area contributed by atoms with Crippen LogP contribution in [0.5, 0.6) is 0 Å². The summed E-state index contributed by atoms with van der Waals surface area (Å²) in [7, 11) is 1.62. The summed E-state index contributed by atoms with van der Waals surface area (Å²) >= 11 is 1.60. The molecule has 8 heteroatoms. The highest BCUT2D eigenvalue weighted by molar-refractivity contribution is 8.00. The SMILES string of the molecule is COCCCNC(=O)c1ccccc1NC(=O)c1ccc([C@H]2SCC(=O)N2CCc2ccccc2)cc1. The second-order valence-corrected chi connectivity index (χ2v) is 9.78. The van der Waals surface area contributed by atoms with Gasteiger partial charge in [0.05, 0.1) is 17.0 Å². The minimum absolute atomic E-state index is 0.0733. The fourth-order valence-corrected chi connectivity index (χ4v) is 5.38. The van der Waals surface area contributed by atoms with Gasteiger partial charge in [-0.2, -0.15) is 0 Å². The summed E-state index contributed by atoms with van der Waals surface area (Å²) in [6, 6.07) is 24.4. The molecule has 0 aliphatic carbocycles.